The lowest BCUT2D eigenvalue weighted by molar-refractivity contribution is 0.194. The van der Waals surface area contributed by atoms with Gasteiger partial charge in [0.25, 0.3) is 0 Å². The van der Waals surface area contributed by atoms with E-state index < -0.39 is 6.09 Å². The highest BCUT2D eigenvalue weighted by Gasteiger charge is 2.21. The molecule has 0 aliphatic carbocycles. The van der Waals surface area contributed by atoms with E-state index in [9.17, 15) is 15.0 Å². The Morgan fingerprint density at radius 1 is 1.18 bits per heavy atom. The fraction of sp³-hybridized carbons (Fsp3) is 0.348. The Morgan fingerprint density at radius 2 is 1.89 bits per heavy atom. The Bertz CT molecular complexity index is 887. The van der Waals surface area contributed by atoms with Gasteiger partial charge in [0, 0.05) is 5.56 Å². The molecule has 0 saturated heterocycles. The first-order valence-corrected chi connectivity index (χ1v) is 9.56. The van der Waals surface area contributed by atoms with Crippen LogP contribution in [0.1, 0.15) is 55.4 Å². The lowest BCUT2D eigenvalue weighted by Crippen LogP contribution is -2.21. The third-order valence-corrected chi connectivity index (χ3v) is 4.85. The van der Waals surface area contributed by atoms with Gasteiger partial charge in [0.2, 0.25) is 0 Å². The number of hydrogen-bond donors (Lipinski definition) is 4. The summed E-state index contributed by atoms with van der Waals surface area (Å²) in [5.41, 5.74) is 4.86. The molecule has 0 spiro atoms. The number of aromatic hydroxyl groups is 2. The first kappa shape index (κ1) is 21.4. The van der Waals surface area contributed by atoms with Crippen LogP contribution in [0.3, 0.4) is 0 Å². The van der Waals surface area contributed by atoms with E-state index in [1.165, 1.54) is 0 Å². The number of nitrogens with one attached hydrogen (secondary N) is 1. The van der Waals surface area contributed by atoms with E-state index in [0.717, 1.165) is 41.5 Å². The van der Waals surface area contributed by atoms with E-state index in [0.29, 0.717) is 23.1 Å². The highest BCUT2D eigenvalue weighted by Crippen LogP contribution is 2.44. The molecule has 28 heavy (non-hydrogen) atoms. The SMILES string of the molecule is C=C(C)c1ccc(C)cc1-c1c(O)cc(CCCCC)c(CNC(=O)O)c1O. The van der Waals surface area contributed by atoms with Crippen LogP contribution >= 0.6 is 0 Å². The number of carbonyl (C=O) groups is 1. The minimum atomic E-state index is -1.16. The molecule has 1 amide bonds. The third-order valence-electron chi connectivity index (χ3n) is 4.85. The molecule has 2 aromatic rings. The molecular weight excluding hydrogens is 354 g/mol. The van der Waals surface area contributed by atoms with Crippen LogP contribution in [-0.4, -0.2) is 21.4 Å². The molecule has 0 heterocycles. The number of phenolic OH excluding ortho intramolecular Hbond substituents is 2. The van der Waals surface area contributed by atoms with Crippen LogP contribution in [0.25, 0.3) is 16.7 Å². The quantitative estimate of drug-likeness (QED) is 0.446. The van der Waals surface area contributed by atoms with E-state index in [1.54, 1.807) is 6.07 Å². The number of amides is 1. The van der Waals surface area contributed by atoms with Crippen LogP contribution in [0.4, 0.5) is 4.79 Å². The van der Waals surface area contributed by atoms with E-state index in [1.807, 2.05) is 32.0 Å². The highest BCUT2D eigenvalue weighted by molar-refractivity contribution is 5.87. The van der Waals surface area contributed by atoms with Crippen LogP contribution in [0.15, 0.2) is 30.8 Å². The molecule has 0 aliphatic heterocycles. The topological polar surface area (TPSA) is 89.8 Å². The van der Waals surface area contributed by atoms with Crippen LogP contribution in [-0.2, 0) is 13.0 Å². The lowest BCUT2D eigenvalue weighted by Gasteiger charge is -2.19. The predicted molar refractivity (Wildman–Crippen MR) is 113 cm³/mol. The van der Waals surface area contributed by atoms with Gasteiger partial charge in [-0.15, -0.1) is 0 Å². The Labute approximate surface area is 166 Å². The summed E-state index contributed by atoms with van der Waals surface area (Å²) in [6, 6.07) is 7.40. The average molecular weight is 383 g/mol. The zero-order valence-electron chi connectivity index (χ0n) is 16.8. The van der Waals surface area contributed by atoms with Gasteiger partial charge in [0.15, 0.2) is 0 Å². The molecule has 2 aromatic carbocycles. The first-order chi connectivity index (χ1) is 13.3. The van der Waals surface area contributed by atoms with Crippen molar-refractivity contribution in [3.8, 4) is 22.6 Å². The molecule has 4 N–H and O–H groups in total. The van der Waals surface area contributed by atoms with Gasteiger partial charge in [0.05, 0.1) is 12.1 Å². The molecule has 0 aliphatic rings. The number of allylic oxidation sites excluding steroid dienone is 1. The van der Waals surface area contributed by atoms with E-state index in [2.05, 4.69) is 18.8 Å². The molecule has 0 fully saturated rings. The van der Waals surface area contributed by atoms with Crippen LogP contribution < -0.4 is 5.32 Å². The van der Waals surface area contributed by atoms with Gasteiger partial charge in [0.1, 0.15) is 11.5 Å². The third kappa shape index (κ3) is 4.85. The van der Waals surface area contributed by atoms with Gasteiger partial charge in [-0.1, -0.05) is 55.7 Å². The van der Waals surface area contributed by atoms with Crippen LogP contribution in [0.5, 0.6) is 11.5 Å². The maximum absolute atomic E-state index is 11.0. The average Bonchev–Trinajstić information content (AvgIpc) is 2.61. The predicted octanol–water partition coefficient (Wildman–Crippen LogP) is 5.61. The van der Waals surface area contributed by atoms with E-state index in [4.69, 9.17) is 5.11 Å². The zero-order valence-corrected chi connectivity index (χ0v) is 16.8. The molecule has 5 nitrogen and oxygen atoms in total. The number of hydrogen-bond acceptors (Lipinski definition) is 3. The molecule has 0 atom stereocenters. The monoisotopic (exact) mass is 383 g/mol. The second kappa shape index (κ2) is 9.31. The van der Waals surface area contributed by atoms with Crippen molar-refractivity contribution in [3.05, 3.63) is 53.1 Å². The zero-order chi connectivity index (χ0) is 20.8. The molecular formula is C23H29NO4. The molecule has 5 heteroatoms. The van der Waals surface area contributed by atoms with Crippen LogP contribution in [0.2, 0.25) is 0 Å². The second-order valence-corrected chi connectivity index (χ2v) is 7.20. The minimum absolute atomic E-state index is 0.0174. The Kier molecular flexibility index (Phi) is 7.10. The summed E-state index contributed by atoms with van der Waals surface area (Å²) in [5.74, 6) is -0.107. The summed E-state index contributed by atoms with van der Waals surface area (Å²) in [7, 11) is 0. The second-order valence-electron chi connectivity index (χ2n) is 7.20. The summed E-state index contributed by atoms with van der Waals surface area (Å²) < 4.78 is 0. The number of rotatable bonds is 8. The normalized spacial score (nSPS) is 10.7. The van der Waals surface area contributed by atoms with E-state index >= 15 is 0 Å². The maximum Gasteiger partial charge on any atom is 0.404 e. The smallest absolute Gasteiger partial charge is 0.404 e. The van der Waals surface area contributed by atoms with Crippen molar-refractivity contribution in [2.45, 2.75) is 53.0 Å². The number of phenols is 2. The largest absolute Gasteiger partial charge is 0.507 e. The molecule has 0 radical (unpaired) electrons. The molecule has 0 aromatic heterocycles. The minimum Gasteiger partial charge on any atom is -0.507 e. The Balaban J connectivity index is 2.66. The molecule has 0 bridgehead atoms. The number of aryl methyl sites for hydroxylation is 2. The van der Waals surface area contributed by atoms with E-state index in [-0.39, 0.29) is 18.0 Å². The Morgan fingerprint density at radius 3 is 2.50 bits per heavy atom. The summed E-state index contributed by atoms with van der Waals surface area (Å²) in [6.07, 6.45) is 2.46. The Hall–Kier alpha value is -2.95. The molecule has 2 rings (SSSR count). The van der Waals surface area contributed by atoms with Crippen molar-refractivity contribution < 1.29 is 20.1 Å². The number of unbranched alkanes of at least 4 members (excludes halogenated alkanes) is 2. The van der Waals surface area contributed by atoms with Crippen molar-refractivity contribution in [2.75, 3.05) is 0 Å². The van der Waals surface area contributed by atoms with Crippen molar-refractivity contribution in [2.24, 2.45) is 0 Å². The standard InChI is InChI=1S/C23H29NO4/c1-5-6-7-8-16-12-20(25)21(22(26)19(16)13-24-23(27)28)18-11-15(4)9-10-17(18)14(2)3/h9-12,24-26H,2,5-8,13H2,1,3-4H3,(H,27,28). The fourth-order valence-electron chi connectivity index (χ4n) is 3.40. The van der Waals surface area contributed by atoms with Crippen molar-refractivity contribution >= 4 is 11.7 Å². The highest BCUT2D eigenvalue weighted by atomic mass is 16.4. The number of benzene rings is 2. The van der Waals surface area contributed by atoms with Gasteiger partial charge in [-0.3, -0.25) is 0 Å². The first-order valence-electron chi connectivity index (χ1n) is 9.56. The molecule has 150 valence electrons. The maximum atomic E-state index is 11.0. The van der Waals surface area contributed by atoms with Gasteiger partial charge in [-0.25, -0.2) is 4.79 Å². The van der Waals surface area contributed by atoms with Gasteiger partial charge >= 0.3 is 6.09 Å². The van der Waals surface area contributed by atoms with Crippen molar-refractivity contribution in [3.63, 3.8) is 0 Å². The van der Waals surface area contributed by atoms with Gasteiger partial charge in [-0.05, 0) is 49.4 Å². The van der Waals surface area contributed by atoms with Gasteiger partial charge < -0.3 is 20.6 Å². The summed E-state index contributed by atoms with van der Waals surface area (Å²) >= 11 is 0. The molecule has 0 saturated carbocycles. The van der Waals surface area contributed by atoms with Crippen molar-refractivity contribution in [1.29, 1.82) is 0 Å². The summed E-state index contributed by atoms with van der Waals surface area (Å²) in [4.78, 5) is 11.0. The lowest BCUT2D eigenvalue weighted by atomic mass is 9.89. The van der Waals surface area contributed by atoms with Crippen LogP contribution in [0, 0.1) is 6.92 Å². The summed E-state index contributed by atoms with van der Waals surface area (Å²) in [5, 5.41) is 33.2. The molecule has 0 unspecified atom stereocenters. The van der Waals surface area contributed by atoms with Crippen molar-refractivity contribution in [1.82, 2.24) is 5.32 Å². The van der Waals surface area contributed by atoms with Gasteiger partial charge in [-0.2, -0.15) is 0 Å². The number of carboxylic acid groups (broad SMARTS) is 1. The fourth-order valence-corrected chi connectivity index (χ4v) is 3.40. The summed E-state index contributed by atoms with van der Waals surface area (Å²) in [6.45, 7) is 9.88.